The van der Waals surface area contributed by atoms with E-state index in [1.807, 2.05) is 0 Å². The van der Waals surface area contributed by atoms with Crippen LogP contribution in [-0.2, 0) is 25.0 Å². The van der Waals surface area contributed by atoms with Crippen molar-refractivity contribution in [2.24, 2.45) is 5.92 Å². The van der Waals surface area contributed by atoms with Gasteiger partial charge in [0.1, 0.15) is 5.75 Å². The predicted octanol–water partition coefficient (Wildman–Crippen LogP) is 0.937. The normalized spacial score (nSPS) is 21.4. The molecule has 0 aromatic heterocycles. The Morgan fingerprint density at radius 3 is 2.32 bits per heavy atom. The lowest BCUT2D eigenvalue weighted by Crippen LogP contribution is -2.47. The number of benzene rings is 1. The summed E-state index contributed by atoms with van der Waals surface area (Å²) in [6.45, 7) is 1.39. The van der Waals surface area contributed by atoms with E-state index >= 15 is 0 Å². The number of hydrogen-bond acceptors (Lipinski definition) is 6. The minimum absolute atomic E-state index is 0.0699. The summed E-state index contributed by atoms with van der Waals surface area (Å²) in [6.07, 6.45) is 2.76. The van der Waals surface area contributed by atoms with Gasteiger partial charge in [-0.2, -0.15) is 21.3 Å². The first-order valence-corrected chi connectivity index (χ1v) is 13.1. The van der Waals surface area contributed by atoms with Crippen LogP contribution in [0, 0.1) is 5.92 Å². The number of nitrogens with one attached hydrogen (secondary N) is 1. The summed E-state index contributed by atoms with van der Waals surface area (Å²) >= 11 is 0. The van der Waals surface area contributed by atoms with Gasteiger partial charge >= 0.3 is 0 Å². The number of hydrogen-bond donors (Lipinski definition) is 1. The molecule has 1 atom stereocenters. The first-order chi connectivity index (χ1) is 14.6. The quantitative estimate of drug-likeness (QED) is 0.629. The molecule has 0 radical (unpaired) electrons. The zero-order valence-electron chi connectivity index (χ0n) is 18.1. The molecule has 2 aliphatic heterocycles. The summed E-state index contributed by atoms with van der Waals surface area (Å²) < 4.78 is 59.8. The first kappa shape index (κ1) is 23.9. The van der Waals surface area contributed by atoms with Crippen LogP contribution in [0.3, 0.4) is 0 Å². The van der Waals surface area contributed by atoms with Crippen molar-refractivity contribution in [3.63, 3.8) is 0 Å². The fourth-order valence-electron chi connectivity index (χ4n) is 3.85. The van der Waals surface area contributed by atoms with E-state index in [1.165, 1.54) is 48.0 Å². The van der Waals surface area contributed by atoms with Crippen molar-refractivity contribution < 1.29 is 26.4 Å². The molecule has 1 aromatic carbocycles. The Balaban J connectivity index is 1.80. The minimum Gasteiger partial charge on any atom is -0.495 e. The Labute approximate surface area is 184 Å². The Morgan fingerprint density at radius 2 is 1.71 bits per heavy atom. The highest BCUT2D eigenvalue weighted by Gasteiger charge is 2.34. The van der Waals surface area contributed by atoms with Crippen molar-refractivity contribution in [3.05, 3.63) is 18.2 Å². The fraction of sp³-hybridized carbons (Fsp3) is 0.632. The summed E-state index contributed by atoms with van der Waals surface area (Å²) in [5.74, 6) is -0.581. The van der Waals surface area contributed by atoms with Crippen LogP contribution in [0.5, 0.6) is 5.75 Å². The van der Waals surface area contributed by atoms with Crippen molar-refractivity contribution >= 4 is 31.8 Å². The third-order valence-corrected chi connectivity index (χ3v) is 9.48. The Kier molecular flexibility index (Phi) is 7.26. The molecule has 12 heteroatoms. The van der Waals surface area contributed by atoms with Crippen molar-refractivity contribution in [2.45, 2.75) is 30.6 Å². The Hall–Kier alpha value is -1.73. The van der Waals surface area contributed by atoms with Crippen molar-refractivity contribution in [1.82, 2.24) is 12.9 Å². The van der Waals surface area contributed by atoms with E-state index in [0.717, 1.165) is 17.1 Å². The number of nitrogens with zero attached hydrogens (tertiary/aromatic N) is 3. The second-order valence-corrected chi connectivity index (χ2v) is 12.0. The molecule has 0 bridgehead atoms. The van der Waals surface area contributed by atoms with E-state index in [0.29, 0.717) is 38.2 Å². The van der Waals surface area contributed by atoms with Gasteiger partial charge in [-0.05, 0) is 43.9 Å². The van der Waals surface area contributed by atoms with Crippen LogP contribution in [0.2, 0.25) is 0 Å². The maximum atomic E-state index is 12.9. The van der Waals surface area contributed by atoms with Gasteiger partial charge in [0.15, 0.2) is 0 Å². The van der Waals surface area contributed by atoms with Gasteiger partial charge in [-0.15, -0.1) is 0 Å². The monoisotopic (exact) mass is 474 g/mol. The molecule has 2 saturated heterocycles. The largest absolute Gasteiger partial charge is 0.495 e. The number of carbonyl (C=O) groups excluding carboxylic acids is 1. The lowest BCUT2D eigenvalue weighted by molar-refractivity contribution is -0.120. The first-order valence-electron chi connectivity index (χ1n) is 10.2. The van der Waals surface area contributed by atoms with Gasteiger partial charge in [0.05, 0.1) is 23.6 Å². The van der Waals surface area contributed by atoms with Crippen molar-refractivity contribution in [3.8, 4) is 5.75 Å². The highest BCUT2D eigenvalue weighted by atomic mass is 32.2. The van der Waals surface area contributed by atoms with Crippen LogP contribution in [-0.4, -0.2) is 83.0 Å². The SMILES string of the molecule is COc1ccc(S(=O)(=O)N2CCCC2)cc1NC(=O)[C@H]1CCCN(S(=O)(=O)N(C)C)C1. The number of anilines is 1. The summed E-state index contributed by atoms with van der Waals surface area (Å²) in [4.78, 5) is 13.0. The molecule has 0 aliphatic carbocycles. The number of sulfonamides is 1. The predicted molar refractivity (Wildman–Crippen MR) is 117 cm³/mol. The molecule has 2 fully saturated rings. The molecule has 31 heavy (non-hydrogen) atoms. The molecule has 2 heterocycles. The third kappa shape index (κ3) is 5.03. The molecule has 174 valence electrons. The average Bonchev–Trinajstić information content (AvgIpc) is 3.29. The lowest BCUT2D eigenvalue weighted by Gasteiger charge is -2.32. The summed E-state index contributed by atoms with van der Waals surface area (Å²) in [5, 5.41) is 2.75. The maximum absolute atomic E-state index is 12.9. The smallest absolute Gasteiger partial charge is 0.281 e. The lowest BCUT2D eigenvalue weighted by atomic mass is 9.98. The molecule has 0 unspecified atom stereocenters. The highest BCUT2D eigenvalue weighted by Crippen LogP contribution is 2.31. The van der Waals surface area contributed by atoms with Crippen LogP contribution >= 0.6 is 0 Å². The van der Waals surface area contributed by atoms with E-state index in [2.05, 4.69) is 5.32 Å². The molecule has 10 nitrogen and oxygen atoms in total. The van der Waals surface area contributed by atoms with Crippen molar-refractivity contribution in [2.75, 3.05) is 52.7 Å². The number of piperidine rings is 1. The number of rotatable bonds is 7. The van der Waals surface area contributed by atoms with E-state index in [-0.39, 0.29) is 23.0 Å². The summed E-state index contributed by atoms with van der Waals surface area (Å²) in [5.41, 5.74) is 0.250. The van der Waals surface area contributed by atoms with E-state index in [9.17, 15) is 21.6 Å². The molecule has 1 N–H and O–H groups in total. The molecule has 1 aromatic rings. The standard InChI is InChI=1S/C19H30N4O6S2/c1-21(2)31(27,28)23-12-6-7-15(14-23)19(24)20-17-13-16(8-9-18(17)29-3)30(25,26)22-10-4-5-11-22/h8-9,13,15H,4-7,10-12,14H2,1-3H3,(H,20,24)/t15-/m0/s1. The molecule has 0 saturated carbocycles. The van der Waals surface area contributed by atoms with Crippen LogP contribution in [0.15, 0.2) is 23.1 Å². The second kappa shape index (κ2) is 9.41. The van der Waals surface area contributed by atoms with Gasteiger partial charge in [0.2, 0.25) is 15.9 Å². The summed E-state index contributed by atoms with van der Waals surface area (Å²) in [6, 6.07) is 4.39. The molecular formula is C19H30N4O6S2. The number of methoxy groups -OCH3 is 1. The van der Waals surface area contributed by atoms with Crippen LogP contribution in [0.4, 0.5) is 5.69 Å². The molecule has 1 amide bonds. The van der Waals surface area contributed by atoms with E-state index in [1.54, 1.807) is 0 Å². The van der Waals surface area contributed by atoms with E-state index < -0.39 is 26.2 Å². The molecule has 3 rings (SSSR count). The van der Waals surface area contributed by atoms with Gasteiger partial charge < -0.3 is 10.1 Å². The maximum Gasteiger partial charge on any atom is 0.281 e. The van der Waals surface area contributed by atoms with Crippen LogP contribution in [0.25, 0.3) is 0 Å². The Bertz CT molecular complexity index is 1020. The Morgan fingerprint density at radius 1 is 1.06 bits per heavy atom. The van der Waals surface area contributed by atoms with E-state index in [4.69, 9.17) is 4.74 Å². The zero-order chi connectivity index (χ0) is 22.8. The average molecular weight is 475 g/mol. The minimum atomic E-state index is -3.65. The topological polar surface area (TPSA) is 116 Å². The summed E-state index contributed by atoms with van der Waals surface area (Å²) in [7, 11) is -2.92. The van der Waals surface area contributed by atoms with Gasteiger partial charge in [-0.1, -0.05) is 0 Å². The van der Waals surface area contributed by atoms with Crippen molar-refractivity contribution in [1.29, 1.82) is 0 Å². The van der Waals surface area contributed by atoms with Crippen LogP contribution in [0.1, 0.15) is 25.7 Å². The third-order valence-electron chi connectivity index (χ3n) is 5.67. The fourth-order valence-corrected chi connectivity index (χ4v) is 6.59. The van der Waals surface area contributed by atoms with Gasteiger partial charge in [-0.25, -0.2) is 8.42 Å². The van der Waals surface area contributed by atoms with Crippen LogP contribution < -0.4 is 10.1 Å². The molecular weight excluding hydrogens is 444 g/mol. The zero-order valence-corrected chi connectivity index (χ0v) is 19.7. The van der Waals surface area contributed by atoms with Gasteiger partial charge in [0.25, 0.3) is 10.2 Å². The van der Waals surface area contributed by atoms with Gasteiger partial charge in [-0.3, -0.25) is 4.79 Å². The second-order valence-electron chi connectivity index (χ2n) is 7.95. The molecule has 2 aliphatic rings. The van der Waals surface area contributed by atoms with Gasteiger partial charge in [0, 0.05) is 40.3 Å². The molecule has 0 spiro atoms. The highest BCUT2D eigenvalue weighted by molar-refractivity contribution is 7.89. The number of amides is 1. The number of carbonyl (C=O) groups is 1. The number of ether oxygens (including phenoxy) is 1.